The lowest BCUT2D eigenvalue weighted by Gasteiger charge is -2.38. The number of aromatic nitrogens is 2. The SMILES string of the molecule is CC(C)=CCCC(C)CCOC(CCC(=O)OCCCCCCC(CCCC(=O)O[C@@H]1CC2CC[C@@]1(C)C2(C)C)OC(=O)CCCn1ccnc1)OCCC(C)CCC=C(C)C. The second kappa shape index (κ2) is 28.7. The molecule has 10 nitrogen and oxygen atoms in total. The summed E-state index contributed by atoms with van der Waals surface area (Å²) in [6.07, 6.45) is 26.6. The molecule has 0 N–H and O–H groups in total. The van der Waals surface area contributed by atoms with Crippen LogP contribution in [0.2, 0.25) is 0 Å². The molecule has 6 atom stereocenters. The van der Waals surface area contributed by atoms with Gasteiger partial charge in [-0.25, -0.2) is 4.98 Å². The maximum atomic E-state index is 13.0. The van der Waals surface area contributed by atoms with Crippen LogP contribution in [0.15, 0.2) is 42.0 Å². The van der Waals surface area contributed by atoms with Crippen molar-refractivity contribution in [3.8, 4) is 0 Å². The number of fused-ring (bicyclic) bond motifs is 2. The van der Waals surface area contributed by atoms with Gasteiger partial charge in [-0.2, -0.15) is 0 Å². The third-order valence-electron chi connectivity index (χ3n) is 14.1. The Bertz CT molecular complexity index is 1440. The number of unbranched alkanes of at least 4 members (excludes halogenated alkanes) is 3. The van der Waals surface area contributed by atoms with Gasteiger partial charge in [0.15, 0.2) is 6.29 Å². The van der Waals surface area contributed by atoms with Crippen LogP contribution in [0.25, 0.3) is 0 Å². The fraction of sp³-hybridized carbons (Fsp3) is 0.808. The molecule has 0 spiro atoms. The molecule has 2 saturated carbocycles. The molecule has 1 heterocycles. The van der Waals surface area contributed by atoms with Crippen molar-refractivity contribution in [2.24, 2.45) is 28.6 Å². The summed E-state index contributed by atoms with van der Waals surface area (Å²) >= 11 is 0. The molecule has 0 aromatic carbocycles. The van der Waals surface area contributed by atoms with Crippen molar-refractivity contribution in [3.63, 3.8) is 0 Å². The van der Waals surface area contributed by atoms with E-state index in [0.717, 1.165) is 83.5 Å². The number of allylic oxidation sites excluding steroid dienone is 4. The lowest BCUT2D eigenvalue weighted by molar-refractivity contribution is -0.161. The summed E-state index contributed by atoms with van der Waals surface area (Å²) in [6.45, 7) is 22.4. The minimum atomic E-state index is -0.417. The Hall–Kier alpha value is -2.98. The van der Waals surface area contributed by atoms with Crippen molar-refractivity contribution >= 4 is 17.9 Å². The van der Waals surface area contributed by atoms with Crippen molar-refractivity contribution in [2.45, 2.75) is 222 Å². The second-order valence-corrected chi connectivity index (χ2v) is 20.1. The van der Waals surface area contributed by atoms with Crippen LogP contribution in [-0.4, -0.2) is 65.8 Å². The van der Waals surface area contributed by atoms with E-state index >= 15 is 0 Å². The normalized spacial score (nSPS) is 20.9. The number of aryl methyl sites for hydroxylation is 1. The van der Waals surface area contributed by atoms with Crippen LogP contribution in [0.1, 0.15) is 197 Å². The number of rotatable bonds is 34. The first-order chi connectivity index (χ1) is 29.6. The zero-order valence-electron chi connectivity index (χ0n) is 40.7. The van der Waals surface area contributed by atoms with Gasteiger partial charge in [0.05, 0.1) is 19.4 Å². The fourth-order valence-electron chi connectivity index (χ4n) is 9.27. The van der Waals surface area contributed by atoms with Gasteiger partial charge in [-0.3, -0.25) is 14.4 Å². The van der Waals surface area contributed by atoms with Gasteiger partial charge >= 0.3 is 17.9 Å². The van der Waals surface area contributed by atoms with Crippen LogP contribution in [0.3, 0.4) is 0 Å². The lowest BCUT2D eigenvalue weighted by atomic mass is 9.70. The summed E-state index contributed by atoms with van der Waals surface area (Å²) < 4.78 is 32.1. The fourth-order valence-corrected chi connectivity index (χ4v) is 9.27. The van der Waals surface area contributed by atoms with E-state index in [9.17, 15) is 14.4 Å². The molecule has 62 heavy (non-hydrogen) atoms. The summed E-state index contributed by atoms with van der Waals surface area (Å²) in [5.74, 6) is 1.17. The zero-order chi connectivity index (χ0) is 45.4. The van der Waals surface area contributed by atoms with Crippen LogP contribution >= 0.6 is 0 Å². The molecule has 2 aliphatic carbocycles. The summed E-state index contributed by atoms with van der Waals surface area (Å²) in [5.41, 5.74) is 2.95. The lowest BCUT2D eigenvalue weighted by Crippen LogP contribution is -2.38. The van der Waals surface area contributed by atoms with Crippen LogP contribution in [0, 0.1) is 28.6 Å². The van der Waals surface area contributed by atoms with E-state index in [1.54, 1.807) is 12.5 Å². The maximum absolute atomic E-state index is 13.0. The minimum Gasteiger partial charge on any atom is -0.466 e. The Balaban J connectivity index is 1.36. The third-order valence-corrected chi connectivity index (χ3v) is 14.1. The summed E-state index contributed by atoms with van der Waals surface area (Å²) in [6, 6.07) is 0. The molecule has 1 aromatic heterocycles. The van der Waals surface area contributed by atoms with E-state index in [0.29, 0.717) is 82.6 Å². The Labute approximate surface area is 377 Å². The molecule has 10 heteroatoms. The van der Waals surface area contributed by atoms with E-state index in [1.807, 2.05) is 10.8 Å². The Morgan fingerprint density at radius 2 is 1.35 bits per heavy atom. The molecule has 0 aliphatic heterocycles. The van der Waals surface area contributed by atoms with Gasteiger partial charge in [0.1, 0.15) is 12.2 Å². The smallest absolute Gasteiger partial charge is 0.306 e. The van der Waals surface area contributed by atoms with E-state index < -0.39 is 6.29 Å². The molecule has 2 bridgehead atoms. The average molecular weight is 869 g/mol. The van der Waals surface area contributed by atoms with Gasteiger partial charge in [0.2, 0.25) is 0 Å². The van der Waals surface area contributed by atoms with Crippen molar-refractivity contribution in [2.75, 3.05) is 19.8 Å². The number of nitrogens with zero attached hydrogens (tertiary/aromatic N) is 2. The highest BCUT2D eigenvalue weighted by molar-refractivity contribution is 5.70. The van der Waals surface area contributed by atoms with Gasteiger partial charge in [0.25, 0.3) is 0 Å². The van der Waals surface area contributed by atoms with Crippen molar-refractivity contribution < 1.29 is 38.1 Å². The van der Waals surface area contributed by atoms with Crippen LogP contribution in [0.5, 0.6) is 0 Å². The van der Waals surface area contributed by atoms with Crippen LogP contribution in [0.4, 0.5) is 0 Å². The Morgan fingerprint density at radius 3 is 1.94 bits per heavy atom. The highest BCUT2D eigenvalue weighted by atomic mass is 16.7. The quantitative estimate of drug-likeness (QED) is 0.0219. The summed E-state index contributed by atoms with van der Waals surface area (Å²) in [4.78, 5) is 42.7. The predicted molar refractivity (Wildman–Crippen MR) is 248 cm³/mol. The largest absolute Gasteiger partial charge is 0.466 e. The summed E-state index contributed by atoms with van der Waals surface area (Å²) in [5, 5.41) is 0. The molecular formula is C52H88N2O8. The Morgan fingerprint density at radius 1 is 0.726 bits per heavy atom. The van der Waals surface area contributed by atoms with Crippen LogP contribution < -0.4 is 0 Å². The third kappa shape index (κ3) is 20.2. The molecular weight excluding hydrogens is 781 g/mol. The van der Waals surface area contributed by atoms with E-state index in [-0.39, 0.29) is 47.4 Å². The van der Waals surface area contributed by atoms with Crippen molar-refractivity contribution in [3.05, 3.63) is 42.0 Å². The number of carbonyl (C=O) groups excluding carboxylic acids is 3. The van der Waals surface area contributed by atoms with Gasteiger partial charge in [-0.05, 0) is 147 Å². The number of imidazole rings is 1. The van der Waals surface area contributed by atoms with E-state index in [1.165, 1.54) is 17.6 Å². The predicted octanol–water partition coefficient (Wildman–Crippen LogP) is 12.7. The zero-order valence-corrected chi connectivity index (χ0v) is 40.7. The van der Waals surface area contributed by atoms with E-state index in [4.69, 9.17) is 23.7 Å². The molecule has 354 valence electrons. The second-order valence-electron chi connectivity index (χ2n) is 20.1. The van der Waals surface area contributed by atoms with Gasteiger partial charge in [-0.15, -0.1) is 0 Å². The topological polar surface area (TPSA) is 115 Å². The highest BCUT2D eigenvalue weighted by Gasteiger charge is 2.62. The molecule has 1 aromatic rings. The molecule has 3 rings (SSSR count). The molecule has 0 saturated heterocycles. The standard InChI is InChI=1S/C52H88N2O8/c1-40(2)18-14-20-42(5)29-36-59-50(60-37-30-43(6)21-15-19-41(3)4)27-26-47(55)58-35-13-11-10-12-22-45(61-48(56)25-17-33-54-34-32-53-39-54)23-16-24-49(57)62-46-38-44-28-31-52(46,9)51(44,7)8/h18-19,32,34,39,42-46,50H,10-17,20-31,33,35-38H2,1-9H3/t42?,43?,44?,45?,46-,50?,52-/m1/s1. The molecule has 0 radical (unpaired) electrons. The summed E-state index contributed by atoms with van der Waals surface area (Å²) in [7, 11) is 0. The first-order valence-electron chi connectivity index (χ1n) is 24.6. The van der Waals surface area contributed by atoms with E-state index in [2.05, 4.69) is 79.4 Å². The first kappa shape index (κ1) is 53.4. The monoisotopic (exact) mass is 869 g/mol. The van der Waals surface area contributed by atoms with Gasteiger partial charge in [0, 0.05) is 56.8 Å². The number of ether oxygens (including phenoxy) is 5. The highest BCUT2D eigenvalue weighted by Crippen LogP contribution is 2.66. The number of hydrogen-bond donors (Lipinski definition) is 0. The maximum Gasteiger partial charge on any atom is 0.306 e. The van der Waals surface area contributed by atoms with Crippen molar-refractivity contribution in [1.82, 2.24) is 9.55 Å². The number of esters is 3. The van der Waals surface area contributed by atoms with Crippen molar-refractivity contribution in [1.29, 1.82) is 0 Å². The minimum absolute atomic E-state index is 0.00897. The number of carbonyl (C=O) groups is 3. The van der Waals surface area contributed by atoms with Gasteiger partial charge in [-0.1, -0.05) is 70.8 Å². The molecule has 4 unspecified atom stereocenters. The Kier molecular flexibility index (Phi) is 24.7. The van der Waals surface area contributed by atoms with Gasteiger partial charge < -0.3 is 28.3 Å². The number of hydrogen-bond acceptors (Lipinski definition) is 9. The average Bonchev–Trinajstić information content (AvgIpc) is 3.85. The van der Waals surface area contributed by atoms with Crippen LogP contribution in [-0.2, 0) is 44.6 Å². The molecule has 0 amide bonds. The molecule has 2 fully saturated rings. The first-order valence-corrected chi connectivity index (χ1v) is 24.6. The molecule has 2 aliphatic rings.